The first kappa shape index (κ1) is 11.8. The van der Waals surface area contributed by atoms with E-state index in [0.717, 1.165) is 0 Å². The summed E-state index contributed by atoms with van der Waals surface area (Å²) >= 11 is 6.25. The van der Waals surface area contributed by atoms with Gasteiger partial charge in [-0.15, -0.1) is 0 Å². The summed E-state index contributed by atoms with van der Waals surface area (Å²) < 4.78 is 4.15. The van der Waals surface area contributed by atoms with Crippen LogP contribution in [-0.2, 0) is 22.7 Å². The quantitative estimate of drug-likeness (QED) is 0.575. The molecular weight excluding hydrogens is 293 g/mol. The molecule has 0 amide bonds. The number of halogens is 2. The van der Waals surface area contributed by atoms with Crippen molar-refractivity contribution in [3.8, 4) is 0 Å². The number of hydrogen-bond acceptors (Lipinski definition) is 2. The number of ether oxygens (including phenoxy) is 1. The molecule has 0 N–H and O–H groups in total. The van der Waals surface area contributed by atoms with Crippen LogP contribution in [0.4, 0.5) is 0 Å². The van der Waals surface area contributed by atoms with Crippen molar-refractivity contribution in [2.75, 3.05) is 6.61 Å². The van der Waals surface area contributed by atoms with Crippen molar-refractivity contribution in [1.82, 2.24) is 0 Å². The standard InChI is InChI=1S/C3H6O2.2BrH.Zn/c1-2-5-3-4;;;/h3H,2H2,1H3;2*1H;/q;;;+2/p-2. The Balaban J connectivity index is 0. The number of carbonyl (C=O) groups excluding carboxylic acids is 1. The Bertz CT molecular complexity index is 44.3. The molecule has 0 saturated carbocycles. The molecule has 0 fully saturated rings. The summed E-state index contributed by atoms with van der Waals surface area (Å²) in [6.45, 7) is 2.66. The van der Waals surface area contributed by atoms with Crippen LogP contribution in [0.1, 0.15) is 6.92 Å². The summed E-state index contributed by atoms with van der Waals surface area (Å²) in [5.41, 5.74) is 0. The third-order valence-electron chi connectivity index (χ3n) is 0.235. The van der Waals surface area contributed by atoms with Crippen LogP contribution >= 0.6 is 27.2 Å². The summed E-state index contributed by atoms with van der Waals surface area (Å²) in [5.74, 6) is 0. The van der Waals surface area contributed by atoms with Crippen molar-refractivity contribution in [3.05, 3.63) is 0 Å². The van der Waals surface area contributed by atoms with E-state index < -0.39 is 0 Å². The van der Waals surface area contributed by atoms with Gasteiger partial charge in [0.05, 0.1) is 6.61 Å². The Hall–Kier alpha value is 1.05. The van der Waals surface area contributed by atoms with E-state index in [1.54, 1.807) is 6.92 Å². The van der Waals surface area contributed by atoms with Crippen molar-refractivity contribution in [2.45, 2.75) is 6.92 Å². The van der Waals surface area contributed by atoms with Crippen molar-refractivity contribution in [3.63, 3.8) is 0 Å². The van der Waals surface area contributed by atoms with Crippen molar-refractivity contribution >= 4 is 33.7 Å². The zero-order chi connectivity index (χ0) is 6.83. The normalized spacial score (nSPS) is 5.38. The fourth-order valence-corrected chi connectivity index (χ4v) is 0.0680. The summed E-state index contributed by atoms with van der Waals surface area (Å²) in [6.07, 6.45) is 0. The molecule has 0 heterocycles. The Morgan fingerprint density at radius 1 is 1.75 bits per heavy atom. The maximum atomic E-state index is 9.18. The van der Waals surface area contributed by atoms with E-state index in [0.29, 0.717) is 13.1 Å². The molecule has 0 atom stereocenters. The van der Waals surface area contributed by atoms with Gasteiger partial charge >= 0.3 is 40.5 Å². The minimum absolute atomic E-state index is 0.250. The Morgan fingerprint density at radius 3 is 2.12 bits per heavy atom. The average molecular weight is 299 g/mol. The monoisotopic (exact) mass is 296 g/mol. The number of hydrogen-bond donors (Lipinski definition) is 0. The molecule has 0 aliphatic carbocycles. The van der Waals surface area contributed by atoms with Gasteiger partial charge in [0.15, 0.2) is 0 Å². The zero-order valence-corrected chi connectivity index (χ0v) is 10.7. The molecule has 0 aromatic carbocycles. The van der Waals surface area contributed by atoms with E-state index in [-0.39, 0.29) is 13.2 Å². The van der Waals surface area contributed by atoms with E-state index in [1.165, 1.54) is 0 Å². The summed E-state index contributed by atoms with van der Waals surface area (Å²) in [5, 5.41) is 0. The number of carbonyl (C=O) groups is 1. The van der Waals surface area contributed by atoms with Gasteiger partial charge in [-0.3, -0.25) is 4.79 Å². The second kappa shape index (κ2) is 15.7. The van der Waals surface area contributed by atoms with Gasteiger partial charge in [-0.2, -0.15) is 0 Å². The summed E-state index contributed by atoms with van der Waals surface area (Å²) in [6, 6.07) is 0. The van der Waals surface area contributed by atoms with Crippen molar-refractivity contribution in [2.24, 2.45) is 0 Å². The molecule has 0 aliphatic rings. The van der Waals surface area contributed by atoms with Crippen LogP contribution in [0.5, 0.6) is 0 Å². The van der Waals surface area contributed by atoms with Gasteiger partial charge in [0.2, 0.25) is 0 Å². The first-order chi connectivity index (χ1) is 3.83. The van der Waals surface area contributed by atoms with Gasteiger partial charge in [0, 0.05) is 0 Å². The summed E-state index contributed by atoms with van der Waals surface area (Å²) in [4.78, 5) is 9.18. The molecule has 8 heavy (non-hydrogen) atoms. The van der Waals surface area contributed by atoms with E-state index in [1.807, 2.05) is 0 Å². The first-order valence-electron chi connectivity index (χ1n) is 2.00. The van der Waals surface area contributed by atoms with Gasteiger partial charge in [0.25, 0.3) is 6.47 Å². The molecule has 0 bridgehead atoms. The van der Waals surface area contributed by atoms with E-state index >= 15 is 0 Å². The van der Waals surface area contributed by atoms with E-state index in [2.05, 4.69) is 32.0 Å². The Morgan fingerprint density at radius 2 is 2.12 bits per heavy atom. The second-order valence-corrected chi connectivity index (χ2v) is 14.7. The molecule has 0 spiro atoms. The molecule has 0 aliphatic heterocycles. The molecule has 0 saturated heterocycles. The van der Waals surface area contributed by atoms with Crippen LogP contribution in [-0.4, -0.2) is 13.1 Å². The second-order valence-electron chi connectivity index (χ2n) is 0.653. The molecule has 0 rings (SSSR count). The van der Waals surface area contributed by atoms with Crippen LogP contribution in [0, 0.1) is 0 Å². The van der Waals surface area contributed by atoms with Crippen LogP contribution in [0.2, 0.25) is 0 Å². The fourth-order valence-electron chi connectivity index (χ4n) is 0.0680. The molecule has 2 nitrogen and oxygen atoms in total. The van der Waals surface area contributed by atoms with E-state index in [9.17, 15) is 4.79 Å². The Labute approximate surface area is 69.7 Å². The number of rotatable bonds is 2. The van der Waals surface area contributed by atoms with Crippen molar-refractivity contribution < 1.29 is 22.7 Å². The SMILES string of the molecule is CCOC=O.[Br][Zn][Br]. The molecule has 5 heteroatoms. The third kappa shape index (κ3) is 27.7. The maximum absolute atomic E-state index is 9.18. The van der Waals surface area contributed by atoms with Crippen LogP contribution in [0.25, 0.3) is 0 Å². The first-order valence-corrected chi connectivity index (χ1v) is 15.9. The molecule has 0 radical (unpaired) electrons. The topological polar surface area (TPSA) is 26.3 Å². The van der Waals surface area contributed by atoms with Gasteiger partial charge in [-0.05, 0) is 6.92 Å². The average Bonchev–Trinajstić information content (AvgIpc) is 1.71. The predicted molar refractivity (Wildman–Crippen MR) is 35.5 cm³/mol. The Kier molecular flexibility index (Phi) is 23.1. The van der Waals surface area contributed by atoms with Crippen LogP contribution < -0.4 is 0 Å². The summed E-state index contributed by atoms with van der Waals surface area (Å²) in [7, 11) is 0. The zero-order valence-electron chi connectivity index (χ0n) is 4.56. The van der Waals surface area contributed by atoms with Gasteiger partial charge in [-0.1, -0.05) is 0 Å². The molecule has 0 unspecified atom stereocenters. The molecule has 0 aromatic rings. The van der Waals surface area contributed by atoms with Crippen LogP contribution in [0.3, 0.4) is 0 Å². The third-order valence-corrected chi connectivity index (χ3v) is 0.235. The van der Waals surface area contributed by atoms with Crippen molar-refractivity contribution in [1.29, 1.82) is 0 Å². The van der Waals surface area contributed by atoms with Crippen LogP contribution in [0.15, 0.2) is 0 Å². The predicted octanol–water partition coefficient (Wildman–Crippen LogP) is 1.87. The molecular formula is C3H6Br2O2Zn. The van der Waals surface area contributed by atoms with Gasteiger partial charge in [0.1, 0.15) is 0 Å². The molecule has 46 valence electrons. The molecule has 0 aromatic heterocycles. The minimum atomic E-state index is -0.250. The van der Waals surface area contributed by atoms with Gasteiger partial charge in [-0.25, -0.2) is 0 Å². The van der Waals surface area contributed by atoms with E-state index in [4.69, 9.17) is 0 Å². The fraction of sp³-hybridized carbons (Fsp3) is 0.667. The van der Waals surface area contributed by atoms with Gasteiger partial charge < -0.3 is 4.74 Å².